The van der Waals surface area contributed by atoms with Gasteiger partial charge in [0.15, 0.2) is 12.5 Å². The van der Waals surface area contributed by atoms with Crippen molar-refractivity contribution in [2.45, 2.75) is 12.3 Å². The summed E-state index contributed by atoms with van der Waals surface area (Å²) in [6.07, 6.45) is 1.69. The van der Waals surface area contributed by atoms with Gasteiger partial charge in [-0.15, -0.1) is 0 Å². The summed E-state index contributed by atoms with van der Waals surface area (Å²) in [6.45, 7) is 0.327. The number of anilines is 1. The van der Waals surface area contributed by atoms with E-state index in [1.165, 1.54) is 12.1 Å². The monoisotopic (exact) mass is 311 g/mol. The number of hydrogen-bond donors (Lipinski definition) is 1. The molecule has 1 fully saturated rings. The number of rotatable bonds is 3. The molecule has 4 rings (SSSR count). The molecule has 1 aliphatic heterocycles. The number of nitrogens with zero attached hydrogens (tertiary/aromatic N) is 2. The minimum Gasteiger partial charge on any atom is -0.349 e. The van der Waals surface area contributed by atoms with Gasteiger partial charge in [0, 0.05) is 5.69 Å². The van der Waals surface area contributed by atoms with E-state index in [2.05, 4.69) is 9.97 Å². The maximum absolute atomic E-state index is 13.6. The van der Waals surface area contributed by atoms with Crippen LogP contribution in [0.3, 0.4) is 0 Å². The number of benzene rings is 2. The van der Waals surface area contributed by atoms with Crippen molar-refractivity contribution in [3.63, 3.8) is 0 Å². The summed E-state index contributed by atoms with van der Waals surface area (Å²) in [5, 5.41) is 0. The van der Waals surface area contributed by atoms with E-state index in [4.69, 9.17) is 4.74 Å². The normalized spacial score (nSPS) is 21.0. The molecule has 2 atom stereocenters. The molecule has 6 heteroatoms. The molecule has 0 amide bonds. The van der Waals surface area contributed by atoms with Crippen molar-refractivity contribution in [3.05, 3.63) is 60.2 Å². The Balaban J connectivity index is 1.78. The van der Waals surface area contributed by atoms with Crippen molar-refractivity contribution in [1.82, 2.24) is 9.97 Å². The van der Waals surface area contributed by atoms with Crippen molar-refractivity contribution < 1.29 is 13.9 Å². The van der Waals surface area contributed by atoms with E-state index in [0.29, 0.717) is 6.61 Å². The summed E-state index contributed by atoms with van der Waals surface area (Å²) < 4.78 is 19.1. The maximum atomic E-state index is 13.6. The molecule has 1 saturated heterocycles. The van der Waals surface area contributed by atoms with Gasteiger partial charge < -0.3 is 14.6 Å². The number of aromatic nitrogens is 2. The molecule has 0 saturated carbocycles. The summed E-state index contributed by atoms with van der Waals surface area (Å²) >= 11 is 0. The number of fused-ring (bicyclic) bond motifs is 1. The molecule has 0 bridgehead atoms. The lowest BCUT2D eigenvalue weighted by Crippen LogP contribution is -2.33. The lowest BCUT2D eigenvalue weighted by molar-refractivity contribution is -0.115. The lowest BCUT2D eigenvalue weighted by Gasteiger charge is -2.28. The Labute approximate surface area is 131 Å². The second-order valence-electron chi connectivity index (χ2n) is 5.44. The fourth-order valence-corrected chi connectivity index (χ4v) is 3.01. The Morgan fingerprint density at radius 3 is 3.04 bits per heavy atom. The van der Waals surface area contributed by atoms with Gasteiger partial charge in [0.25, 0.3) is 0 Å². The predicted molar refractivity (Wildman–Crippen MR) is 83.5 cm³/mol. The zero-order valence-electron chi connectivity index (χ0n) is 12.1. The molecule has 1 aliphatic rings. The van der Waals surface area contributed by atoms with E-state index in [0.717, 1.165) is 28.6 Å². The molecule has 1 aromatic heterocycles. The van der Waals surface area contributed by atoms with Gasteiger partial charge >= 0.3 is 0 Å². The molecule has 2 aromatic carbocycles. The fraction of sp³-hybridized carbons (Fsp3) is 0.176. The molecule has 0 spiro atoms. The molecule has 3 aromatic rings. The van der Waals surface area contributed by atoms with Crippen LogP contribution in [-0.2, 0) is 9.53 Å². The SMILES string of the molecule is O=CC1OCC(c2cccc(F)c2)N1c1ccc2nc[nH]c2c1. The number of nitrogens with one attached hydrogen (secondary N) is 1. The zero-order chi connectivity index (χ0) is 15.8. The number of halogens is 1. The number of carbonyl (C=O) groups excluding carboxylic acids is 1. The number of imidazole rings is 1. The van der Waals surface area contributed by atoms with Crippen molar-refractivity contribution in [1.29, 1.82) is 0 Å². The summed E-state index contributed by atoms with van der Waals surface area (Å²) in [5.41, 5.74) is 3.32. The molecular weight excluding hydrogens is 297 g/mol. The number of H-pyrrole nitrogens is 1. The van der Waals surface area contributed by atoms with E-state index < -0.39 is 6.23 Å². The van der Waals surface area contributed by atoms with Crippen LogP contribution in [0.15, 0.2) is 48.8 Å². The summed E-state index contributed by atoms with van der Waals surface area (Å²) in [6, 6.07) is 11.8. The van der Waals surface area contributed by atoms with Gasteiger partial charge in [-0.1, -0.05) is 12.1 Å². The van der Waals surface area contributed by atoms with Crippen LogP contribution in [0.2, 0.25) is 0 Å². The van der Waals surface area contributed by atoms with Crippen LogP contribution in [0, 0.1) is 5.82 Å². The first-order valence-electron chi connectivity index (χ1n) is 7.30. The quantitative estimate of drug-likeness (QED) is 0.756. The van der Waals surface area contributed by atoms with Gasteiger partial charge in [0.05, 0.1) is 30.0 Å². The van der Waals surface area contributed by atoms with Crippen LogP contribution in [0.25, 0.3) is 11.0 Å². The van der Waals surface area contributed by atoms with Crippen LogP contribution < -0.4 is 4.90 Å². The van der Waals surface area contributed by atoms with Crippen LogP contribution in [0.5, 0.6) is 0 Å². The van der Waals surface area contributed by atoms with Gasteiger partial charge in [0.1, 0.15) is 5.82 Å². The average molecular weight is 311 g/mol. The van der Waals surface area contributed by atoms with Crippen LogP contribution in [-0.4, -0.2) is 29.1 Å². The number of aldehydes is 1. The van der Waals surface area contributed by atoms with Gasteiger partial charge in [-0.3, -0.25) is 4.79 Å². The molecule has 23 heavy (non-hydrogen) atoms. The average Bonchev–Trinajstić information content (AvgIpc) is 3.20. The molecule has 2 unspecified atom stereocenters. The third-order valence-corrected chi connectivity index (χ3v) is 4.09. The van der Waals surface area contributed by atoms with Crippen LogP contribution in [0.4, 0.5) is 10.1 Å². The van der Waals surface area contributed by atoms with E-state index in [9.17, 15) is 9.18 Å². The van der Waals surface area contributed by atoms with Crippen LogP contribution in [0.1, 0.15) is 11.6 Å². The highest BCUT2D eigenvalue weighted by atomic mass is 19.1. The summed E-state index contributed by atoms with van der Waals surface area (Å²) in [4.78, 5) is 20.5. The molecule has 116 valence electrons. The Hall–Kier alpha value is -2.73. The van der Waals surface area contributed by atoms with E-state index in [1.54, 1.807) is 12.4 Å². The molecule has 5 nitrogen and oxygen atoms in total. The molecule has 0 aliphatic carbocycles. The summed E-state index contributed by atoms with van der Waals surface area (Å²) in [5.74, 6) is -0.305. The van der Waals surface area contributed by atoms with Crippen molar-refractivity contribution in [3.8, 4) is 0 Å². The van der Waals surface area contributed by atoms with Gasteiger partial charge in [0.2, 0.25) is 0 Å². The Morgan fingerprint density at radius 1 is 1.30 bits per heavy atom. The summed E-state index contributed by atoms with van der Waals surface area (Å²) in [7, 11) is 0. The smallest absolute Gasteiger partial charge is 0.187 e. The highest BCUT2D eigenvalue weighted by Crippen LogP contribution is 2.35. The van der Waals surface area contributed by atoms with Gasteiger partial charge in [-0.2, -0.15) is 0 Å². The number of aromatic amines is 1. The molecule has 2 heterocycles. The first-order valence-corrected chi connectivity index (χ1v) is 7.30. The first-order chi connectivity index (χ1) is 11.3. The van der Waals surface area contributed by atoms with E-state index >= 15 is 0 Å². The van der Waals surface area contributed by atoms with Gasteiger partial charge in [-0.25, -0.2) is 9.37 Å². The second kappa shape index (κ2) is 5.48. The standard InChI is InChI=1S/C17H14FN3O2/c18-12-3-1-2-11(6-12)16-9-23-17(8-22)21(16)13-4-5-14-15(7-13)20-10-19-14/h1-8,10,16-17H,9H2,(H,19,20). The minimum absolute atomic E-state index is 0.221. The van der Waals surface area contributed by atoms with Crippen molar-refractivity contribution in [2.24, 2.45) is 0 Å². The van der Waals surface area contributed by atoms with Crippen molar-refractivity contribution in [2.75, 3.05) is 11.5 Å². The maximum Gasteiger partial charge on any atom is 0.187 e. The Kier molecular flexibility index (Phi) is 3.31. The highest BCUT2D eigenvalue weighted by molar-refractivity contribution is 5.80. The molecule has 1 N–H and O–H groups in total. The largest absolute Gasteiger partial charge is 0.349 e. The number of hydrogen-bond acceptors (Lipinski definition) is 4. The van der Waals surface area contributed by atoms with Gasteiger partial charge in [-0.05, 0) is 35.9 Å². The molecular formula is C17H14FN3O2. The first kappa shape index (κ1) is 13.9. The molecule has 0 radical (unpaired) electrons. The second-order valence-corrected chi connectivity index (χ2v) is 5.44. The van der Waals surface area contributed by atoms with Crippen molar-refractivity contribution >= 4 is 23.0 Å². The Bertz CT molecular complexity index is 864. The Morgan fingerprint density at radius 2 is 2.22 bits per heavy atom. The third kappa shape index (κ3) is 2.37. The zero-order valence-corrected chi connectivity index (χ0v) is 12.1. The number of ether oxygens (including phenoxy) is 1. The lowest BCUT2D eigenvalue weighted by atomic mass is 10.1. The van der Waals surface area contributed by atoms with E-state index in [1.807, 2.05) is 29.2 Å². The predicted octanol–water partition coefficient (Wildman–Crippen LogP) is 2.80. The highest BCUT2D eigenvalue weighted by Gasteiger charge is 2.35. The fourth-order valence-electron chi connectivity index (χ4n) is 3.01. The third-order valence-electron chi connectivity index (χ3n) is 4.09. The van der Waals surface area contributed by atoms with E-state index in [-0.39, 0.29) is 11.9 Å². The minimum atomic E-state index is -0.691. The topological polar surface area (TPSA) is 58.2 Å². The van der Waals surface area contributed by atoms with Crippen LogP contribution >= 0.6 is 0 Å². The number of carbonyl (C=O) groups is 1.